The molecule has 0 atom stereocenters. The van der Waals surface area contributed by atoms with Gasteiger partial charge in [-0.15, -0.1) is 0 Å². The molecule has 0 aliphatic rings. The van der Waals surface area contributed by atoms with Crippen molar-refractivity contribution in [3.05, 3.63) is 192 Å². The second kappa shape index (κ2) is 17.4. The summed E-state index contributed by atoms with van der Waals surface area (Å²) in [5.41, 5.74) is 18.8. The van der Waals surface area contributed by atoms with Gasteiger partial charge in [0, 0.05) is 22.9 Å². The van der Waals surface area contributed by atoms with Crippen LogP contribution in [0.2, 0.25) is 0 Å². The molecule has 0 saturated heterocycles. The van der Waals surface area contributed by atoms with Crippen LogP contribution in [0.1, 0.15) is 103 Å². The van der Waals surface area contributed by atoms with Crippen LogP contribution in [-0.2, 0) is 10.8 Å². The first kappa shape index (κ1) is 44.2. The number of para-hydroxylation sites is 1. The molecule has 1 N–H and O–H groups in total. The molecule has 0 saturated carbocycles. The summed E-state index contributed by atoms with van der Waals surface area (Å²) in [5, 5.41) is 12.4. The molecule has 2 aromatic heterocycles. The van der Waals surface area contributed by atoms with Crippen molar-refractivity contribution in [3.63, 3.8) is 0 Å². The number of benzene rings is 7. The summed E-state index contributed by atoms with van der Waals surface area (Å²) in [6, 6.07) is 58.9. The molecular weight excluding hydrogens is 803 g/mol. The molecule has 9 rings (SSSR count). The second-order valence-electron chi connectivity index (χ2n) is 20.5. The number of aromatic hydroxyl groups is 1. The van der Waals surface area contributed by atoms with Gasteiger partial charge < -0.3 is 5.11 Å². The molecule has 0 bridgehead atoms. The number of fused-ring (bicyclic) bond motifs is 1. The van der Waals surface area contributed by atoms with Crippen LogP contribution in [0.3, 0.4) is 0 Å². The van der Waals surface area contributed by atoms with Crippen LogP contribution in [-0.4, -0.2) is 19.6 Å². The van der Waals surface area contributed by atoms with Gasteiger partial charge in [0.2, 0.25) is 0 Å². The summed E-state index contributed by atoms with van der Waals surface area (Å²) in [6.07, 6.45) is 1.92. The zero-order valence-corrected chi connectivity index (χ0v) is 40.1. The van der Waals surface area contributed by atoms with Gasteiger partial charge in [0.1, 0.15) is 11.6 Å². The number of aromatic nitrogens is 3. The Hall–Kier alpha value is -7.04. The highest BCUT2D eigenvalue weighted by Gasteiger charge is 2.26. The molecule has 0 spiro atoms. The summed E-state index contributed by atoms with van der Waals surface area (Å²) >= 11 is 0. The Morgan fingerprint density at radius 1 is 0.470 bits per heavy atom. The molecule has 4 nitrogen and oxygen atoms in total. The third kappa shape index (κ3) is 8.61. The van der Waals surface area contributed by atoms with Crippen molar-refractivity contribution >= 4 is 11.0 Å². The van der Waals surface area contributed by atoms with Crippen molar-refractivity contribution in [1.82, 2.24) is 14.5 Å². The molecule has 0 unspecified atom stereocenters. The zero-order chi connectivity index (χ0) is 46.5. The third-order valence-electron chi connectivity index (χ3n) is 13.1. The predicted molar refractivity (Wildman–Crippen MR) is 279 cm³/mol. The number of imidazole rings is 1. The average Bonchev–Trinajstić information content (AvgIpc) is 3.70. The van der Waals surface area contributed by atoms with Crippen LogP contribution < -0.4 is 0 Å². The number of hydrogen-bond donors (Lipinski definition) is 1. The van der Waals surface area contributed by atoms with Crippen LogP contribution >= 0.6 is 0 Å². The Balaban J connectivity index is 1.32. The first-order chi connectivity index (χ1) is 31.5. The van der Waals surface area contributed by atoms with E-state index in [0.29, 0.717) is 5.82 Å². The van der Waals surface area contributed by atoms with E-state index in [2.05, 4.69) is 238 Å². The minimum Gasteiger partial charge on any atom is -0.507 e. The number of hydrogen-bond acceptors (Lipinski definition) is 3. The van der Waals surface area contributed by atoms with Crippen molar-refractivity contribution < 1.29 is 5.11 Å². The minimum atomic E-state index is -0.0716. The van der Waals surface area contributed by atoms with Crippen molar-refractivity contribution in [1.29, 1.82) is 0 Å². The molecule has 0 aliphatic heterocycles. The fourth-order valence-electron chi connectivity index (χ4n) is 9.09. The van der Waals surface area contributed by atoms with Gasteiger partial charge in [0.05, 0.1) is 28.0 Å². The third-order valence-corrected chi connectivity index (χ3v) is 13.1. The van der Waals surface area contributed by atoms with E-state index >= 15 is 0 Å². The first-order valence-corrected chi connectivity index (χ1v) is 23.4. The number of phenolic OH excluding ortho intramolecular Hbond substituents is 1. The predicted octanol–water partition coefficient (Wildman–Crippen LogP) is 17.0. The Bertz CT molecular complexity index is 3200. The lowest BCUT2D eigenvalue weighted by Gasteiger charge is -2.23. The van der Waals surface area contributed by atoms with Gasteiger partial charge in [0.15, 0.2) is 0 Å². The van der Waals surface area contributed by atoms with Gasteiger partial charge in [-0.05, 0) is 133 Å². The average molecular weight is 864 g/mol. The number of pyridine rings is 1. The lowest BCUT2D eigenvalue weighted by atomic mass is 9.85. The summed E-state index contributed by atoms with van der Waals surface area (Å²) < 4.78 is 2.29. The Morgan fingerprint density at radius 2 is 1.09 bits per heavy atom. The maximum absolute atomic E-state index is 12.4. The van der Waals surface area contributed by atoms with Gasteiger partial charge in [0.25, 0.3) is 0 Å². The first-order valence-electron chi connectivity index (χ1n) is 23.4. The molecule has 0 aliphatic carbocycles. The molecule has 7 aromatic carbocycles. The van der Waals surface area contributed by atoms with E-state index in [4.69, 9.17) is 9.97 Å². The molecule has 9 aromatic rings. The molecule has 66 heavy (non-hydrogen) atoms. The summed E-state index contributed by atoms with van der Waals surface area (Å²) in [4.78, 5) is 10.7. The van der Waals surface area contributed by atoms with E-state index in [1.165, 1.54) is 11.1 Å². The lowest BCUT2D eigenvalue weighted by Crippen LogP contribution is -2.12. The van der Waals surface area contributed by atoms with Crippen LogP contribution in [0.5, 0.6) is 5.75 Å². The minimum absolute atomic E-state index is 0.0716. The van der Waals surface area contributed by atoms with Gasteiger partial charge >= 0.3 is 0 Å². The number of nitrogens with zero attached hydrogens (tertiary/aromatic N) is 3. The number of phenols is 1. The highest BCUT2D eigenvalue weighted by Crippen LogP contribution is 2.45. The van der Waals surface area contributed by atoms with E-state index in [-0.39, 0.29) is 28.4 Å². The number of rotatable bonds is 9. The van der Waals surface area contributed by atoms with Crippen molar-refractivity contribution in [2.75, 3.05) is 0 Å². The molecule has 330 valence electrons. The van der Waals surface area contributed by atoms with Crippen molar-refractivity contribution in [3.8, 4) is 78.6 Å². The summed E-state index contributed by atoms with van der Waals surface area (Å²) in [6.45, 7) is 22.2. The van der Waals surface area contributed by atoms with E-state index in [1.807, 2.05) is 6.20 Å². The van der Waals surface area contributed by atoms with E-state index in [0.717, 1.165) is 89.2 Å². The van der Waals surface area contributed by atoms with Gasteiger partial charge in [-0.25, -0.2) is 4.98 Å². The van der Waals surface area contributed by atoms with Gasteiger partial charge in [-0.2, -0.15) is 0 Å². The van der Waals surface area contributed by atoms with Gasteiger partial charge in [-0.1, -0.05) is 178 Å². The van der Waals surface area contributed by atoms with Crippen LogP contribution in [0.15, 0.2) is 170 Å². The van der Waals surface area contributed by atoms with E-state index < -0.39 is 0 Å². The molecule has 4 heteroatoms. The quantitative estimate of drug-likeness (QED) is 0.157. The molecule has 0 radical (unpaired) electrons. The highest BCUT2D eigenvalue weighted by atomic mass is 16.3. The normalized spacial score (nSPS) is 12.1. The molecule has 2 heterocycles. The SMILES string of the molecule is CC(C)c1cc(-c2nc3c(-c4cc(-c5ccccc5)cc(-c5cc(-c6ccc(C(C)(C)C)cc6)ccn5)c4)cccc3n2-c2ccc(C(C)(C)C)cc2-c2ccccc2)c(O)c(C(C)C)c1. The van der Waals surface area contributed by atoms with Crippen molar-refractivity contribution in [2.24, 2.45) is 0 Å². The summed E-state index contributed by atoms with van der Waals surface area (Å²) in [7, 11) is 0. The monoisotopic (exact) mass is 863 g/mol. The highest BCUT2D eigenvalue weighted by molar-refractivity contribution is 5.98. The Labute approximate surface area is 391 Å². The molecule has 0 amide bonds. The standard InChI is InChI=1S/C62H61N3O/c1-39(2)45-35-52(40(3)4)59(66)54(36-45)60-64-58-51(22-17-23-57(58)65(60)56-29-28-50(62(8,9)10)38-53(56)43-20-15-12-16-21-43)47-32-46(41-18-13-11-14-19-41)33-48(34-47)55-37-44(30-31-63-55)42-24-26-49(27-25-42)61(5,6)7/h11-40,66H,1-10H3. The maximum atomic E-state index is 12.4. The van der Waals surface area contributed by atoms with Gasteiger partial charge in [-0.3, -0.25) is 9.55 Å². The lowest BCUT2D eigenvalue weighted by molar-refractivity contribution is 0.466. The second-order valence-corrected chi connectivity index (χ2v) is 20.5. The fraction of sp³-hybridized carbons (Fsp3) is 0.226. The maximum Gasteiger partial charge on any atom is 0.149 e. The summed E-state index contributed by atoms with van der Waals surface area (Å²) in [5.74, 6) is 1.32. The zero-order valence-electron chi connectivity index (χ0n) is 40.1. The van der Waals surface area contributed by atoms with Crippen LogP contribution in [0.25, 0.3) is 83.9 Å². The van der Waals surface area contributed by atoms with Crippen LogP contribution in [0.4, 0.5) is 0 Å². The van der Waals surface area contributed by atoms with E-state index in [1.54, 1.807) is 0 Å². The smallest absolute Gasteiger partial charge is 0.149 e. The Kier molecular flexibility index (Phi) is 11.6. The van der Waals surface area contributed by atoms with Crippen molar-refractivity contribution in [2.45, 2.75) is 91.9 Å². The van der Waals surface area contributed by atoms with E-state index in [9.17, 15) is 5.11 Å². The topological polar surface area (TPSA) is 50.9 Å². The fourth-order valence-corrected chi connectivity index (χ4v) is 9.09. The van der Waals surface area contributed by atoms with Crippen LogP contribution in [0, 0.1) is 0 Å². The Morgan fingerprint density at radius 3 is 1.74 bits per heavy atom. The molecule has 0 fully saturated rings. The largest absolute Gasteiger partial charge is 0.507 e. The molecular formula is C62H61N3O.